The van der Waals surface area contributed by atoms with E-state index in [0.717, 1.165) is 11.1 Å². The minimum absolute atomic E-state index is 0.133. The number of carbonyl (C=O) groups is 1. The smallest absolute Gasteiger partial charge is 0.264 e. The van der Waals surface area contributed by atoms with Crippen molar-refractivity contribution in [2.75, 3.05) is 11.9 Å². The molecule has 0 aliphatic heterocycles. The van der Waals surface area contributed by atoms with Crippen LogP contribution >= 0.6 is 12.2 Å². The zero-order valence-electron chi connectivity index (χ0n) is 19.0. The van der Waals surface area contributed by atoms with Crippen molar-refractivity contribution < 1.29 is 13.9 Å². The standard InChI is InChI=1S/C26H25N3O3S/c1-15-5-7-19(11-17(15)3)25-28-22-13-20(8-10-23(22)32-25)27-26(33)29-24(30)14-31-21-9-6-16(2)18(4)12-21/h5-13H,14H2,1-4H3,(H2,27,29,30,33). The predicted octanol–water partition coefficient (Wildman–Crippen LogP) is 5.62. The Morgan fingerprint density at radius 3 is 2.39 bits per heavy atom. The van der Waals surface area contributed by atoms with Crippen LogP contribution in [0.15, 0.2) is 59.0 Å². The van der Waals surface area contributed by atoms with Gasteiger partial charge in [-0.3, -0.25) is 10.1 Å². The molecule has 4 aromatic rings. The Labute approximate surface area is 198 Å². The van der Waals surface area contributed by atoms with Gasteiger partial charge in [0.2, 0.25) is 5.89 Å². The van der Waals surface area contributed by atoms with Crippen LogP contribution in [0.25, 0.3) is 22.6 Å². The number of nitrogens with zero attached hydrogens (tertiary/aromatic N) is 1. The molecule has 0 unspecified atom stereocenters. The zero-order valence-corrected chi connectivity index (χ0v) is 19.8. The van der Waals surface area contributed by atoms with Gasteiger partial charge < -0.3 is 14.5 Å². The second-order valence-corrected chi connectivity index (χ2v) is 8.45. The van der Waals surface area contributed by atoms with Crippen molar-refractivity contribution in [2.24, 2.45) is 0 Å². The summed E-state index contributed by atoms with van der Waals surface area (Å²) >= 11 is 5.27. The molecule has 0 atom stereocenters. The third kappa shape index (κ3) is 5.38. The summed E-state index contributed by atoms with van der Waals surface area (Å²) in [7, 11) is 0. The summed E-state index contributed by atoms with van der Waals surface area (Å²) in [4.78, 5) is 16.8. The van der Waals surface area contributed by atoms with Crippen LogP contribution in [-0.4, -0.2) is 22.6 Å². The average molecular weight is 460 g/mol. The SMILES string of the molecule is Cc1ccc(OCC(=O)NC(=S)Nc2ccc3oc(-c4ccc(C)c(C)c4)nc3c2)cc1C. The Bertz CT molecular complexity index is 1360. The molecule has 0 spiro atoms. The first-order valence-electron chi connectivity index (χ1n) is 10.6. The van der Waals surface area contributed by atoms with Crippen molar-refractivity contribution in [3.8, 4) is 17.2 Å². The Kier molecular flexibility index (Phi) is 6.42. The summed E-state index contributed by atoms with van der Waals surface area (Å²) in [6.45, 7) is 8.02. The molecule has 0 fully saturated rings. The van der Waals surface area contributed by atoms with Gasteiger partial charge in [0.25, 0.3) is 5.91 Å². The number of rotatable bonds is 5. The number of fused-ring (bicyclic) bond motifs is 1. The van der Waals surface area contributed by atoms with E-state index in [1.54, 1.807) is 0 Å². The van der Waals surface area contributed by atoms with Crippen LogP contribution in [0.3, 0.4) is 0 Å². The van der Waals surface area contributed by atoms with Gasteiger partial charge in [-0.1, -0.05) is 12.1 Å². The lowest BCUT2D eigenvalue weighted by Gasteiger charge is -2.11. The molecule has 0 saturated carbocycles. The van der Waals surface area contributed by atoms with Crippen molar-refractivity contribution in [3.63, 3.8) is 0 Å². The van der Waals surface area contributed by atoms with Gasteiger partial charge in [-0.05, 0) is 105 Å². The summed E-state index contributed by atoms with van der Waals surface area (Å²) in [6, 6.07) is 17.3. The van der Waals surface area contributed by atoms with E-state index in [9.17, 15) is 4.79 Å². The summed E-state index contributed by atoms with van der Waals surface area (Å²) in [5.74, 6) is 0.859. The van der Waals surface area contributed by atoms with Crippen LogP contribution in [0.4, 0.5) is 5.69 Å². The number of oxazole rings is 1. The summed E-state index contributed by atoms with van der Waals surface area (Å²) in [5.41, 5.74) is 7.66. The van der Waals surface area contributed by atoms with Crippen LogP contribution in [0.5, 0.6) is 5.75 Å². The molecular formula is C26H25N3O3S. The lowest BCUT2D eigenvalue weighted by molar-refractivity contribution is -0.121. The van der Waals surface area contributed by atoms with Gasteiger partial charge in [-0.15, -0.1) is 0 Å². The van der Waals surface area contributed by atoms with Crippen LogP contribution < -0.4 is 15.4 Å². The van der Waals surface area contributed by atoms with E-state index in [1.165, 1.54) is 16.7 Å². The maximum atomic E-state index is 12.2. The number of aryl methyl sites for hydroxylation is 4. The molecule has 1 heterocycles. The second kappa shape index (κ2) is 9.42. The van der Waals surface area contributed by atoms with E-state index in [4.69, 9.17) is 21.4 Å². The molecule has 0 radical (unpaired) electrons. The molecule has 0 saturated heterocycles. The fourth-order valence-electron chi connectivity index (χ4n) is 3.28. The topological polar surface area (TPSA) is 76.4 Å². The Balaban J connectivity index is 1.37. The number of carbonyl (C=O) groups excluding carboxylic acids is 1. The number of nitrogens with one attached hydrogen (secondary N) is 2. The molecule has 33 heavy (non-hydrogen) atoms. The molecule has 0 aliphatic carbocycles. The third-order valence-corrected chi connectivity index (χ3v) is 5.70. The van der Waals surface area contributed by atoms with Crippen molar-refractivity contribution in [3.05, 3.63) is 76.9 Å². The molecular weight excluding hydrogens is 434 g/mol. The highest BCUT2D eigenvalue weighted by atomic mass is 32.1. The van der Waals surface area contributed by atoms with Gasteiger partial charge in [0, 0.05) is 11.3 Å². The average Bonchev–Trinajstić information content (AvgIpc) is 3.20. The fraction of sp³-hybridized carbons (Fsp3) is 0.192. The monoisotopic (exact) mass is 459 g/mol. The molecule has 4 rings (SSSR count). The largest absolute Gasteiger partial charge is 0.484 e. The van der Waals surface area contributed by atoms with E-state index >= 15 is 0 Å². The van der Waals surface area contributed by atoms with E-state index in [2.05, 4.69) is 41.6 Å². The number of anilines is 1. The lowest BCUT2D eigenvalue weighted by Crippen LogP contribution is -2.37. The molecule has 0 aliphatic rings. The number of hydrogen-bond acceptors (Lipinski definition) is 5. The lowest BCUT2D eigenvalue weighted by atomic mass is 10.1. The Morgan fingerprint density at radius 2 is 1.67 bits per heavy atom. The van der Waals surface area contributed by atoms with E-state index < -0.39 is 0 Å². The first-order valence-corrected chi connectivity index (χ1v) is 11.0. The first kappa shape index (κ1) is 22.5. The number of amides is 1. The maximum Gasteiger partial charge on any atom is 0.264 e. The van der Waals surface area contributed by atoms with E-state index in [-0.39, 0.29) is 17.6 Å². The second-order valence-electron chi connectivity index (χ2n) is 8.04. The number of thiocarbonyl (C=S) groups is 1. The van der Waals surface area contributed by atoms with Crippen LogP contribution in [0, 0.1) is 27.7 Å². The first-order chi connectivity index (χ1) is 15.8. The highest BCUT2D eigenvalue weighted by molar-refractivity contribution is 7.80. The molecule has 168 valence electrons. The number of benzene rings is 3. The summed E-state index contributed by atoms with van der Waals surface area (Å²) in [5, 5.41) is 5.82. The molecule has 2 N–H and O–H groups in total. The van der Waals surface area contributed by atoms with Gasteiger partial charge >= 0.3 is 0 Å². The van der Waals surface area contributed by atoms with Gasteiger partial charge in [0.1, 0.15) is 11.3 Å². The molecule has 7 heteroatoms. The van der Waals surface area contributed by atoms with Gasteiger partial charge in [0.05, 0.1) is 0 Å². The molecule has 1 aromatic heterocycles. The molecule has 6 nitrogen and oxygen atoms in total. The summed E-state index contributed by atoms with van der Waals surface area (Å²) in [6.07, 6.45) is 0. The fourth-order valence-corrected chi connectivity index (χ4v) is 3.51. The zero-order chi connectivity index (χ0) is 23.5. The molecule has 1 amide bonds. The van der Waals surface area contributed by atoms with Gasteiger partial charge in [0.15, 0.2) is 17.3 Å². The number of ether oxygens (including phenoxy) is 1. The van der Waals surface area contributed by atoms with Gasteiger partial charge in [-0.2, -0.15) is 0 Å². The van der Waals surface area contributed by atoms with Gasteiger partial charge in [-0.25, -0.2) is 4.98 Å². The highest BCUT2D eigenvalue weighted by Crippen LogP contribution is 2.27. The molecule has 0 bridgehead atoms. The van der Waals surface area contributed by atoms with Crippen LogP contribution in [0.1, 0.15) is 22.3 Å². The Hall–Kier alpha value is -3.71. The van der Waals surface area contributed by atoms with Crippen LogP contribution in [0.2, 0.25) is 0 Å². The maximum absolute atomic E-state index is 12.2. The van der Waals surface area contributed by atoms with Crippen LogP contribution in [-0.2, 0) is 4.79 Å². The predicted molar refractivity (Wildman–Crippen MR) is 135 cm³/mol. The number of aromatic nitrogens is 1. The third-order valence-electron chi connectivity index (χ3n) is 5.50. The Morgan fingerprint density at radius 1 is 0.939 bits per heavy atom. The van der Waals surface area contributed by atoms with E-state index in [1.807, 2.05) is 56.3 Å². The highest BCUT2D eigenvalue weighted by Gasteiger charge is 2.11. The van der Waals surface area contributed by atoms with Crippen molar-refractivity contribution in [1.29, 1.82) is 0 Å². The van der Waals surface area contributed by atoms with E-state index in [0.29, 0.717) is 28.4 Å². The minimum Gasteiger partial charge on any atom is -0.484 e. The van der Waals surface area contributed by atoms with Crippen molar-refractivity contribution in [1.82, 2.24) is 10.3 Å². The quantitative estimate of drug-likeness (QED) is 0.377. The van der Waals surface area contributed by atoms with Crippen molar-refractivity contribution >= 4 is 40.0 Å². The van der Waals surface area contributed by atoms with Crippen molar-refractivity contribution in [2.45, 2.75) is 27.7 Å². The molecule has 3 aromatic carbocycles. The number of hydrogen-bond donors (Lipinski definition) is 2. The summed E-state index contributed by atoms with van der Waals surface area (Å²) < 4.78 is 11.5. The minimum atomic E-state index is -0.342. The normalized spacial score (nSPS) is 10.8.